The van der Waals surface area contributed by atoms with Gasteiger partial charge >= 0.3 is 6.18 Å². The van der Waals surface area contributed by atoms with E-state index in [9.17, 15) is 13.2 Å². The Morgan fingerprint density at radius 2 is 2.00 bits per heavy atom. The molecule has 0 radical (unpaired) electrons. The van der Waals surface area contributed by atoms with Gasteiger partial charge in [0.1, 0.15) is 5.82 Å². The van der Waals surface area contributed by atoms with Crippen LogP contribution in [0.25, 0.3) is 16.3 Å². The van der Waals surface area contributed by atoms with Crippen molar-refractivity contribution in [2.24, 2.45) is 0 Å². The number of aromatic nitrogens is 4. The van der Waals surface area contributed by atoms with Gasteiger partial charge in [0, 0.05) is 35.1 Å². The van der Waals surface area contributed by atoms with Crippen LogP contribution in [0.4, 0.5) is 19.0 Å². The van der Waals surface area contributed by atoms with Crippen molar-refractivity contribution in [3.05, 3.63) is 41.8 Å². The van der Waals surface area contributed by atoms with Crippen molar-refractivity contribution >= 4 is 17.2 Å². The second kappa shape index (κ2) is 4.85. The maximum Gasteiger partial charge on any atom is 0.435 e. The van der Waals surface area contributed by atoms with Gasteiger partial charge in [-0.2, -0.15) is 18.3 Å². The van der Waals surface area contributed by atoms with Gasteiger partial charge in [-0.05, 0) is 12.1 Å². The lowest BCUT2D eigenvalue weighted by atomic mass is 10.1. The molecule has 0 fully saturated rings. The number of hydrogen-bond donors (Lipinski definition) is 1. The van der Waals surface area contributed by atoms with Gasteiger partial charge in [-0.15, -0.1) is 11.3 Å². The molecule has 21 heavy (non-hydrogen) atoms. The molecule has 3 aromatic heterocycles. The van der Waals surface area contributed by atoms with E-state index in [1.807, 2.05) is 0 Å². The van der Waals surface area contributed by atoms with Crippen molar-refractivity contribution in [2.45, 2.75) is 6.18 Å². The zero-order valence-electron chi connectivity index (χ0n) is 10.4. The molecule has 3 aromatic rings. The van der Waals surface area contributed by atoms with Gasteiger partial charge in [-0.1, -0.05) is 0 Å². The van der Waals surface area contributed by atoms with Crippen LogP contribution in [0.2, 0.25) is 0 Å². The topological polar surface area (TPSA) is 69.6 Å². The second-order valence-electron chi connectivity index (χ2n) is 4.12. The van der Waals surface area contributed by atoms with E-state index in [1.54, 1.807) is 5.38 Å². The molecule has 0 aliphatic carbocycles. The minimum atomic E-state index is -4.57. The van der Waals surface area contributed by atoms with E-state index in [4.69, 9.17) is 5.73 Å². The molecule has 108 valence electrons. The average molecular weight is 311 g/mol. The van der Waals surface area contributed by atoms with Crippen LogP contribution in [0.1, 0.15) is 5.69 Å². The Labute approximate surface area is 120 Å². The molecule has 3 heterocycles. The van der Waals surface area contributed by atoms with Gasteiger partial charge in [0.2, 0.25) is 5.13 Å². The van der Waals surface area contributed by atoms with E-state index in [2.05, 4.69) is 15.1 Å². The van der Waals surface area contributed by atoms with Crippen LogP contribution in [-0.2, 0) is 6.18 Å². The monoisotopic (exact) mass is 311 g/mol. The lowest BCUT2D eigenvalue weighted by molar-refractivity contribution is -0.140. The van der Waals surface area contributed by atoms with Crippen molar-refractivity contribution in [1.82, 2.24) is 19.7 Å². The molecule has 0 unspecified atom stereocenters. The summed E-state index contributed by atoms with van der Waals surface area (Å²) >= 11 is 1.19. The zero-order valence-corrected chi connectivity index (χ0v) is 11.2. The molecule has 0 aromatic carbocycles. The average Bonchev–Trinajstić information content (AvgIpc) is 3.07. The molecule has 0 amide bonds. The summed E-state index contributed by atoms with van der Waals surface area (Å²) in [6, 6.07) is 2.91. The van der Waals surface area contributed by atoms with E-state index in [0.29, 0.717) is 10.7 Å². The minimum absolute atomic E-state index is 0.0646. The fourth-order valence-electron chi connectivity index (χ4n) is 1.79. The highest BCUT2D eigenvalue weighted by molar-refractivity contribution is 7.12. The summed E-state index contributed by atoms with van der Waals surface area (Å²) in [4.78, 5) is 7.76. The van der Waals surface area contributed by atoms with E-state index in [-0.39, 0.29) is 11.4 Å². The van der Waals surface area contributed by atoms with E-state index < -0.39 is 11.9 Å². The van der Waals surface area contributed by atoms with Gasteiger partial charge in [0.25, 0.3) is 0 Å². The third-order valence-electron chi connectivity index (χ3n) is 2.70. The van der Waals surface area contributed by atoms with Gasteiger partial charge < -0.3 is 5.73 Å². The third-order valence-corrected chi connectivity index (χ3v) is 3.46. The summed E-state index contributed by atoms with van der Waals surface area (Å²) in [7, 11) is 0. The molecular formula is C12H8F3N5S. The number of nitrogen functional groups attached to an aromatic ring is 1. The predicted molar refractivity (Wildman–Crippen MR) is 71.9 cm³/mol. The lowest BCUT2D eigenvalue weighted by Crippen LogP contribution is -2.08. The summed E-state index contributed by atoms with van der Waals surface area (Å²) < 4.78 is 40.5. The van der Waals surface area contributed by atoms with Crippen molar-refractivity contribution in [1.29, 1.82) is 0 Å². The molecular weight excluding hydrogens is 303 g/mol. The number of halogens is 3. The first kappa shape index (κ1) is 13.6. The summed E-state index contributed by atoms with van der Waals surface area (Å²) in [5.74, 6) is 0.236. The summed E-state index contributed by atoms with van der Waals surface area (Å²) in [5, 5.41) is 5.62. The molecule has 9 heteroatoms. The van der Waals surface area contributed by atoms with Crippen molar-refractivity contribution in [3.8, 4) is 16.3 Å². The third kappa shape index (κ3) is 2.59. The Balaban J connectivity index is 2.16. The summed E-state index contributed by atoms with van der Waals surface area (Å²) in [6.45, 7) is 0. The highest BCUT2D eigenvalue weighted by Gasteiger charge is 2.38. The van der Waals surface area contributed by atoms with E-state index in [1.165, 1.54) is 42.1 Å². The Morgan fingerprint density at radius 1 is 1.19 bits per heavy atom. The first-order chi connectivity index (χ1) is 9.95. The van der Waals surface area contributed by atoms with E-state index in [0.717, 1.165) is 4.68 Å². The van der Waals surface area contributed by atoms with Crippen molar-refractivity contribution in [3.63, 3.8) is 0 Å². The van der Waals surface area contributed by atoms with Gasteiger partial charge in [-0.3, -0.25) is 0 Å². The quantitative estimate of drug-likeness (QED) is 0.790. The number of rotatable bonds is 2. The Hall–Kier alpha value is -2.42. The highest BCUT2D eigenvalue weighted by Crippen LogP contribution is 2.36. The largest absolute Gasteiger partial charge is 0.435 e. The lowest BCUT2D eigenvalue weighted by Gasteiger charge is -2.05. The fourth-order valence-corrected chi connectivity index (χ4v) is 2.35. The van der Waals surface area contributed by atoms with E-state index >= 15 is 0 Å². The highest BCUT2D eigenvalue weighted by atomic mass is 32.1. The number of anilines is 1. The van der Waals surface area contributed by atoms with Crippen LogP contribution in [-0.4, -0.2) is 19.7 Å². The smallest absolute Gasteiger partial charge is 0.384 e. The van der Waals surface area contributed by atoms with Gasteiger partial charge in [-0.25, -0.2) is 14.6 Å². The maximum absolute atomic E-state index is 13.1. The molecule has 0 saturated carbocycles. The summed E-state index contributed by atoms with van der Waals surface area (Å²) in [6.07, 6.45) is -0.499. The Bertz CT molecular complexity index is 746. The van der Waals surface area contributed by atoms with Crippen LogP contribution < -0.4 is 5.73 Å². The second-order valence-corrected chi connectivity index (χ2v) is 4.99. The fraction of sp³-hybridized carbons (Fsp3) is 0.0833. The van der Waals surface area contributed by atoms with Crippen LogP contribution >= 0.6 is 11.3 Å². The Kier molecular flexibility index (Phi) is 3.13. The molecule has 0 spiro atoms. The Morgan fingerprint density at radius 3 is 2.57 bits per heavy atom. The number of pyridine rings is 1. The molecule has 5 nitrogen and oxygen atoms in total. The first-order valence-electron chi connectivity index (χ1n) is 5.74. The number of nitrogens with zero attached hydrogens (tertiary/aromatic N) is 4. The standard InChI is InChI=1S/C12H8F3N5S/c13-12(14,15)10-8(7-1-2-9(16)18-5-7)6-20(19-10)11-17-3-4-21-11/h1-6H,(H2,16,18). The van der Waals surface area contributed by atoms with Crippen molar-refractivity contribution < 1.29 is 13.2 Å². The number of thiazole rings is 1. The van der Waals surface area contributed by atoms with Crippen LogP contribution in [0, 0.1) is 0 Å². The molecule has 0 atom stereocenters. The normalized spacial score (nSPS) is 11.8. The van der Waals surface area contributed by atoms with Crippen LogP contribution in [0.3, 0.4) is 0 Å². The maximum atomic E-state index is 13.1. The van der Waals surface area contributed by atoms with Gasteiger partial charge in [0.15, 0.2) is 5.69 Å². The van der Waals surface area contributed by atoms with Crippen molar-refractivity contribution in [2.75, 3.05) is 5.73 Å². The summed E-state index contributed by atoms with van der Waals surface area (Å²) in [5.41, 5.74) is 4.69. The molecule has 3 rings (SSSR count). The number of hydrogen-bond acceptors (Lipinski definition) is 5. The first-order valence-corrected chi connectivity index (χ1v) is 6.62. The molecule has 0 bridgehead atoms. The predicted octanol–water partition coefficient (Wildman–Crippen LogP) is 2.99. The molecule has 0 saturated heterocycles. The molecule has 0 aliphatic rings. The van der Waals surface area contributed by atoms with Crippen LogP contribution in [0.5, 0.6) is 0 Å². The number of nitrogens with two attached hydrogens (primary N) is 1. The van der Waals surface area contributed by atoms with Crippen LogP contribution in [0.15, 0.2) is 36.1 Å². The zero-order chi connectivity index (χ0) is 15.0. The minimum Gasteiger partial charge on any atom is -0.384 e. The number of alkyl halides is 3. The molecule has 0 aliphatic heterocycles. The van der Waals surface area contributed by atoms with Gasteiger partial charge in [0.05, 0.1) is 0 Å². The molecule has 2 N–H and O–H groups in total. The SMILES string of the molecule is Nc1ccc(-c2cn(-c3nccs3)nc2C(F)(F)F)cn1.